The minimum absolute atomic E-state index is 0. The van der Waals surface area contributed by atoms with Crippen molar-refractivity contribution < 1.29 is 4.74 Å². The van der Waals surface area contributed by atoms with E-state index in [1.165, 1.54) is 24.9 Å². The topological polar surface area (TPSA) is 25.4 Å². The van der Waals surface area contributed by atoms with Crippen LogP contribution >= 0.6 is 24.8 Å². The number of likely N-dealkylation sites (tertiary alicyclic amines) is 1. The van der Waals surface area contributed by atoms with Gasteiger partial charge in [-0.3, -0.25) is 4.98 Å². The normalized spacial score (nSPS) is 17.4. The molecule has 0 spiro atoms. The molecular formula is C17H22Cl2N2O. The van der Waals surface area contributed by atoms with Crippen molar-refractivity contribution in [3.8, 4) is 16.9 Å². The molecule has 0 N–H and O–H groups in total. The zero-order valence-corrected chi connectivity index (χ0v) is 14.3. The number of nitrogens with zero attached hydrogens (tertiary/aromatic N) is 2. The molecule has 1 atom stereocenters. The number of rotatable bonds is 4. The summed E-state index contributed by atoms with van der Waals surface area (Å²) in [5.74, 6) is 0.853. The van der Waals surface area contributed by atoms with Crippen LogP contribution in [-0.2, 0) is 0 Å². The molecule has 1 aromatic carbocycles. The second-order valence-corrected chi connectivity index (χ2v) is 5.36. The molecule has 0 amide bonds. The van der Waals surface area contributed by atoms with Crippen molar-refractivity contribution in [1.29, 1.82) is 0 Å². The van der Waals surface area contributed by atoms with Crippen molar-refractivity contribution in [2.75, 3.05) is 20.2 Å². The maximum atomic E-state index is 5.92. The van der Waals surface area contributed by atoms with Crippen LogP contribution in [0.4, 0.5) is 0 Å². The number of halogens is 2. The van der Waals surface area contributed by atoms with Gasteiger partial charge in [-0.2, -0.15) is 0 Å². The number of hydrogen-bond donors (Lipinski definition) is 0. The van der Waals surface area contributed by atoms with Gasteiger partial charge in [0.2, 0.25) is 0 Å². The van der Waals surface area contributed by atoms with Gasteiger partial charge in [-0.25, -0.2) is 0 Å². The van der Waals surface area contributed by atoms with Crippen LogP contribution in [-0.4, -0.2) is 36.1 Å². The first-order valence-electron chi connectivity index (χ1n) is 7.16. The Morgan fingerprint density at radius 1 is 1.14 bits per heavy atom. The third-order valence-corrected chi connectivity index (χ3v) is 3.93. The van der Waals surface area contributed by atoms with Crippen LogP contribution in [0.5, 0.6) is 5.75 Å². The van der Waals surface area contributed by atoms with Crippen LogP contribution < -0.4 is 4.74 Å². The van der Waals surface area contributed by atoms with Gasteiger partial charge in [-0.15, -0.1) is 24.8 Å². The molecule has 2 aromatic rings. The zero-order valence-electron chi connectivity index (χ0n) is 12.6. The highest BCUT2D eigenvalue weighted by molar-refractivity contribution is 5.85. The Balaban J connectivity index is 0.00000121. The van der Waals surface area contributed by atoms with Crippen LogP contribution in [0.15, 0.2) is 48.8 Å². The molecule has 22 heavy (non-hydrogen) atoms. The summed E-state index contributed by atoms with van der Waals surface area (Å²) in [6.07, 6.45) is 6.17. The van der Waals surface area contributed by atoms with E-state index in [0.717, 1.165) is 17.9 Å². The monoisotopic (exact) mass is 340 g/mol. The largest absolute Gasteiger partial charge is 0.490 e. The molecule has 1 fully saturated rings. The van der Waals surface area contributed by atoms with Crippen LogP contribution in [0, 0.1) is 0 Å². The minimum Gasteiger partial charge on any atom is -0.490 e. The molecule has 2 heterocycles. The fourth-order valence-electron chi connectivity index (χ4n) is 2.67. The Morgan fingerprint density at radius 3 is 2.59 bits per heavy atom. The molecule has 1 aliphatic heterocycles. The summed E-state index contributed by atoms with van der Waals surface area (Å²) in [5.41, 5.74) is 2.27. The predicted molar refractivity (Wildman–Crippen MR) is 95.3 cm³/mol. The van der Waals surface area contributed by atoms with Crippen molar-refractivity contribution in [1.82, 2.24) is 9.88 Å². The molecular weight excluding hydrogens is 319 g/mol. The first kappa shape index (κ1) is 18.8. The fourth-order valence-corrected chi connectivity index (χ4v) is 2.67. The summed E-state index contributed by atoms with van der Waals surface area (Å²) in [7, 11) is 2.17. The smallest absolute Gasteiger partial charge is 0.138 e. The van der Waals surface area contributed by atoms with Gasteiger partial charge in [0.05, 0.1) is 6.20 Å². The molecule has 0 unspecified atom stereocenters. The summed E-state index contributed by atoms with van der Waals surface area (Å²) >= 11 is 0. The lowest BCUT2D eigenvalue weighted by Gasteiger charge is -2.19. The lowest BCUT2D eigenvalue weighted by Crippen LogP contribution is -2.30. The predicted octanol–water partition coefficient (Wildman–Crippen LogP) is 4.07. The standard InChI is InChI=1S/C17H20N2O.2ClH/c1-19-9-5-8-16(19)13-20-17-10-15(11-18-12-17)14-6-3-2-4-7-14;;/h2-4,6-7,10-12,16H,5,8-9,13H2,1H3;2*1H/t16-;;/m0../s1. The van der Waals surface area contributed by atoms with Gasteiger partial charge in [0.25, 0.3) is 0 Å². The van der Waals surface area contributed by atoms with Crippen LogP contribution in [0.25, 0.3) is 11.1 Å². The zero-order chi connectivity index (χ0) is 13.8. The van der Waals surface area contributed by atoms with E-state index in [1.807, 2.05) is 24.4 Å². The summed E-state index contributed by atoms with van der Waals surface area (Å²) in [6.45, 7) is 1.92. The molecule has 120 valence electrons. The molecule has 1 aromatic heterocycles. The number of aromatic nitrogens is 1. The van der Waals surface area contributed by atoms with E-state index >= 15 is 0 Å². The van der Waals surface area contributed by atoms with Gasteiger partial charge < -0.3 is 9.64 Å². The van der Waals surface area contributed by atoms with Crippen LogP contribution in [0.2, 0.25) is 0 Å². The van der Waals surface area contributed by atoms with Crippen molar-refractivity contribution in [2.45, 2.75) is 18.9 Å². The summed E-state index contributed by atoms with van der Waals surface area (Å²) in [5, 5.41) is 0. The van der Waals surface area contributed by atoms with E-state index in [-0.39, 0.29) is 24.8 Å². The average molecular weight is 341 g/mol. The number of ether oxygens (including phenoxy) is 1. The van der Waals surface area contributed by atoms with Gasteiger partial charge >= 0.3 is 0 Å². The molecule has 3 nitrogen and oxygen atoms in total. The Kier molecular flexibility index (Phi) is 7.66. The number of hydrogen-bond acceptors (Lipinski definition) is 3. The molecule has 1 aliphatic rings. The maximum Gasteiger partial charge on any atom is 0.138 e. The van der Waals surface area contributed by atoms with Crippen molar-refractivity contribution in [3.63, 3.8) is 0 Å². The van der Waals surface area contributed by atoms with Gasteiger partial charge in [-0.05, 0) is 38.1 Å². The highest BCUT2D eigenvalue weighted by atomic mass is 35.5. The summed E-state index contributed by atoms with van der Waals surface area (Å²) in [4.78, 5) is 6.66. The van der Waals surface area contributed by atoms with E-state index < -0.39 is 0 Å². The van der Waals surface area contributed by atoms with E-state index in [2.05, 4.69) is 35.1 Å². The summed E-state index contributed by atoms with van der Waals surface area (Å²) < 4.78 is 5.92. The lowest BCUT2D eigenvalue weighted by atomic mass is 10.1. The molecule has 0 aliphatic carbocycles. The molecule has 0 radical (unpaired) electrons. The quantitative estimate of drug-likeness (QED) is 0.838. The van der Waals surface area contributed by atoms with Gasteiger partial charge in [0.15, 0.2) is 0 Å². The van der Waals surface area contributed by atoms with Crippen molar-refractivity contribution >= 4 is 24.8 Å². The van der Waals surface area contributed by atoms with E-state index in [9.17, 15) is 0 Å². The van der Waals surface area contributed by atoms with E-state index in [0.29, 0.717) is 6.04 Å². The van der Waals surface area contributed by atoms with Crippen molar-refractivity contribution in [3.05, 3.63) is 48.8 Å². The second kappa shape index (κ2) is 8.99. The Hall–Kier alpha value is -1.29. The number of likely N-dealkylation sites (N-methyl/N-ethyl adjacent to an activating group) is 1. The lowest BCUT2D eigenvalue weighted by molar-refractivity contribution is 0.198. The van der Waals surface area contributed by atoms with Crippen LogP contribution in [0.3, 0.4) is 0 Å². The highest BCUT2D eigenvalue weighted by Gasteiger charge is 2.21. The Bertz CT molecular complexity index is 566. The second-order valence-electron chi connectivity index (χ2n) is 5.36. The Morgan fingerprint density at radius 2 is 1.91 bits per heavy atom. The van der Waals surface area contributed by atoms with Gasteiger partial charge in [0, 0.05) is 17.8 Å². The van der Waals surface area contributed by atoms with Crippen molar-refractivity contribution in [2.24, 2.45) is 0 Å². The first-order valence-corrected chi connectivity index (χ1v) is 7.16. The Labute approximate surface area is 144 Å². The SMILES string of the molecule is CN1CCC[C@H]1COc1cncc(-c2ccccc2)c1.Cl.Cl. The molecule has 1 saturated heterocycles. The van der Waals surface area contributed by atoms with E-state index in [1.54, 1.807) is 6.20 Å². The highest BCUT2D eigenvalue weighted by Crippen LogP contribution is 2.23. The molecule has 0 bridgehead atoms. The fraction of sp³-hybridized carbons (Fsp3) is 0.353. The third kappa shape index (κ3) is 4.60. The maximum absolute atomic E-state index is 5.92. The summed E-state index contributed by atoms with van der Waals surface area (Å²) in [6, 6.07) is 12.9. The number of pyridine rings is 1. The third-order valence-electron chi connectivity index (χ3n) is 3.93. The number of benzene rings is 1. The molecule has 5 heteroatoms. The van der Waals surface area contributed by atoms with Gasteiger partial charge in [0.1, 0.15) is 12.4 Å². The average Bonchev–Trinajstić information content (AvgIpc) is 2.92. The minimum atomic E-state index is 0. The van der Waals surface area contributed by atoms with E-state index in [4.69, 9.17) is 4.74 Å². The van der Waals surface area contributed by atoms with Gasteiger partial charge in [-0.1, -0.05) is 30.3 Å². The van der Waals surface area contributed by atoms with Crippen LogP contribution in [0.1, 0.15) is 12.8 Å². The molecule has 3 rings (SSSR count). The molecule has 0 saturated carbocycles. The first-order chi connectivity index (χ1) is 9.83.